The van der Waals surface area contributed by atoms with Gasteiger partial charge < -0.3 is 4.42 Å². The maximum atomic E-state index is 13.8. The molecule has 25 heavy (non-hydrogen) atoms. The zero-order valence-corrected chi connectivity index (χ0v) is 14.3. The van der Waals surface area contributed by atoms with Crippen molar-refractivity contribution in [1.29, 1.82) is 0 Å². The normalized spacial score (nSPS) is 23.2. The molecule has 4 heteroatoms. The number of aryl methyl sites for hydroxylation is 1. The second-order valence-corrected chi connectivity index (χ2v) is 7.20. The Morgan fingerprint density at radius 1 is 1.20 bits per heavy atom. The highest BCUT2D eigenvalue weighted by atomic mass is 19.1. The number of nitrogens with zero attached hydrogens (tertiary/aromatic N) is 2. The number of rotatable bonds is 4. The summed E-state index contributed by atoms with van der Waals surface area (Å²) in [4.78, 5) is 0. The van der Waals surface area contributed by atoms with Crippen LogP contribution in [-0.2, 0) is 6.42 Å². The van der Waals surface area contributed by atoms with Gasteiger partial charge in [-0.25, -0.2) is 4.39 Å². The van der Waals surface area contributed by atoms with Gasteiger partial charge in [-0.1, -0.05) is 24.1 Å². The van der Waals surface area contributed by atoms with Crippen LogP contribution >= 0.6 is 0 Å². The Bertz CT molecular complexity index is 857. The van der Waals surface area contributed by atoms with E-state index in [0.29, 0.717) is 23.3 Å². The summed E-state index contributed by atoms with van der Waals surface area (Å²) in [5, 5.41) is 8.40. The topological polar surface area (TPSA) is 38.9 Å². The van der Waals surface area contributed by atoms with Crippen LogP contribution in [0.1, 0.15) is 60.4 Å². The molecule has 0 saturated heterocycles. The fraction of sp³-hybridized carbons (Fsp3) is 0.429. The fourth-order valence-corrected chi connectivity index (χ4v) is 3.50. The maximum absolute atomic E-state index is 13.8. The van der Waals surface area contributed by atoms with Gasteiger partial charge in [0.2, 0.25) is 11.8 Å². The second-order valence-electron chi connectivity index (χ2n) is 7.20. The van der Waals surface area contributed by atoms with Crippen LogP contribution in [0.4, 0.5) is 4.39 Å². The molecule has 0 bridgehead atoms. The highest BCUT2D eigenvalue weighted by Crippen LogP contribution is 2.41. The highest BCUT2D eigenvalue weighted by Gasteiger charge is 2.32. The number of benzene rings is 1. The molecule has 2 aliphatic rings. The Morgan fingerprint density at radius 3 is 2.72 bits per heavy atom. The lowest BCUT2D eigenvalue weighted by Crippen LogP contribution is -2.15. The average molecular weight is 336 g/mol. The summed E-state index contributed by atoms with van der Waals surface area (Å²) in [7, 11) is 0. The molecule has 0 N–H and O–H groups in total. The average Bonchev–Trinajstić information content (AvgIpc) is 3.35. The molecule has 1 aromatic carbocycles. The van der Waals surface area contributed by atoms with Crippen LogP contribution in [0, 0.1) is 31.0 Å². The third kappa shape index (κ3) is 3.37. The van der Waals surface area contributed by atoms with Crippen LogP contribution in [-0.4, -0.2) is 10.2 Å². The lowest BCUT2D eigenvalue weighted by atomic mass is 9.80. The van der Waals surface area contributed by atoms with Crippen molar-refractivity contribution in [2.75, 3.05) is 0 Å². The van der Waals surface area contributed by atoms with Crippen molar-refractivity contribution in [3.63, 3.8) is 0 Å². The summed E-state index contributed by atoms with van der Waals surface area (Å²) in [6.07, 6.45) is 12.8. The molecule has 0 amide bonds. The SMILES string of the molecule is C#CC1=CC(Cc2ccc(C)c(F)c2)CCC1c1nnc(C2CC2)o1. The number of hydrogen-bond acceptors (Lipinski definition) is 3. The lowest BCUT2D eigenvalue weighted by molar-refractivity contribution is 0.398. The van der Waals surface area contributed by atoms with Gasteiger partial charge in [0.25, 0.3) is 0 Å². The number of terminal acetylenes is 1. The molecule has 1 aromatic heterocycles. The largest absolute Gasteiger partial charge is 0.424 e. The van der Waals surface area contributed by atoms with Crippen molar-refractivity contribution >= 4 is 0 Å². The van der Waals surface area contributed by atoms with E-state index in [1.165, 1.54) is 0 Å². The van der Waals surface area contributed by atoms with Gasteiger partial charge >= 0.3 is 0 Å². The van der Waals surface area contributed by atoms with E-state index in [-0.39, 0.29) is 11.7 Å². The quantitative estimate of drug-likeness (QED) is 0.760. The first kappa shape index (κ1) is 16.1. The molecular formula is C21H21FN2O. The third-order valence-corrected chi connectivity index (χ3v) is 5.20. The van der Waals surface area contributed by atoms with Crippen molar-refractivity contribution in [2.24, 2.45) is 5.92 Å². The Kier molecular flexibility index (Phi) is 4.17. The van der Waals surface area contributed by atoms with Gasteiger partial charge in [-0.2, -0.15) is 0 Å². The lowest BCUT2D eigenvalue weighted by Gasteiger charge is -2.24. The minimum atomic E-state index is -0.147. The molecule has 1 heterocycles. The van der Waals surface area contributed by atoms with E-state index >= 15 is 0 Å². The molecule has 2 atom stereocenters. The highest BCUT2D eigenvalue weighted by molar-refractivity contribution is 5.36. The Hall–Kier alpha value is -2.41. The minimum Gasteiger partial charge on any atom is -0.424 e. The van der Waals surface area contributed by atoms with Gasteiger partial charge in [0.1, 0.15) is 5.82 Å². The van der Waals surface area contributed by atoms with Crippen LogP contribution in [0.3, 0.4) is 0 Å². The predicted octanol–water partition coefficient (Wildman–Crippen LogP) is 4.69. The van der Waals surface area contributed by atoms with Gasteiger partial charge in [0, 0.05) is 11.5 Å². The smallest absolute Gasteiger partial charge is 0.224 e. The van der Waals surface area contributed by atoms with E-state index in [1.807, 2.05) is 12.1 Å². The van der Waals surface area contributed by atoms with Crippen molar-refractivity contribution < 1.29 is 8.81 Å². The van der Waals surface area contributed by atoms with Gasteiger partial charge in [0.15, 0.2) is 0 Å². The molecule has 0 aliphatic heterocycles. The molecule has 2 aliphatic carbocycles. The molecule has 0 radical (unpaired) electrons. The Morgan fingerprint density at radius 2 is 2.00 bits per heavy atom. The third-order valence-electron chi connectivity index (χ3n) is 5.20. The predicted molar refractivity (Wildman–Crippen MR) is 93.5 cm³/mol. The summed E-state index contributed by atoms with van der Waals surface area (Å²) < 4.78 is 19.6. The summed E-state index contributed by atoms with van der Waals surface area (Å²) >= 11 is 0. The molecule has 1 saturated carbocycles. The first-order valence-corrected chi connectivity index (χ1v) is 8.90. The number of aromatic nitrogens is 2. The fourth-order valence-electron chi connectivity index (χ4n) is 3.50. The number of allylic oxidation sites excluding steroid dienone is 2. The number of halogens is 1. The van der Waals surface area contributed by atoms with Crippen LogP contribution in [0.15, 0.2) is 34.3 Å². The molecule has 1 fully saturated rings. The standard InChI is InChI=1S/C21H21FN2O/c1-3-16-11-14(10-15-5-4-13(2)19(22)12-15)6-9-18(16)21-24-23-20(25-21)17-7-8-17/h1,4-5,11-12,14,17-18H,6-10H2,2H3. The summed E-state index contributed by atoms with van der Waals surface area (Å²) in [5.74, 6) is 4.84. The van der Waals surface area contributed by atoms with Gasteiger partial charge in [-0.05, 0) is 62.1 Å². The van der Waals surface area contributed by atoms with Gasteiger partial charge in [-0.3, -0.25) is 0 Å². The van der Waals surface area contributed by atoms with Crippen molar-refractivity contribution in [1.82, 2.24) is 10.2 Å². The second kappa shape index (κ2) is 6.48. The van der Waals surface area contributed by atoms with Crippen molar-refractivity contribution in [3.8, 4) is 12.3 Å². The van der Waals surface area contributed by atoms with Crippen LogP contribution in [0.5, 0.6) is 0 Å². The maximum Gasteiger partial charge on any atom is 0.224 e. The van der Waals surface area contributed by atoms with Gasteiger partial charge in [-0.15, -0.1) is 16.6 Å². The molecule has 0 spiro atoms. The van der Waals surface area contributed by atoms with E-state index < -0.39 is 0 Å². The molecule has 128 valence electrons. The zero-order valence-electron chi connectivity index (χ0n) is 14.3. The van der Waals surface area contributed by atoms with E-state index in [0.717, 1.165) is 49.1 Å². The molecule has 2 unspecified atom stereocenters. The Labute approximate surface area is 147 Å². The van der Waals surface area contributed by atoms with E-state index in [1.54, 1.807) is 13.0 Å². The monoisotopic (exact) mass is 336 g/mol. The minimum absolute atomic E-state index is 0.0241. The Balaban J connectivity index is 1.51. The molecular weight excluding hydrogens is 315 g/mol. The first-order chi connectivity index (χ1) is 12.1. The van der Waals surface area contributed by atoms with Crippen molar-refractivity contribution in [2.45, 2.75) is 50.9 Å². The van der Waals surface area contributed by atoms with E-state index in [2.05, 4.69) is 22.2 Å². The summed E-state index contributed by atoms with van der Waals surface area (Å²) in [5.41, 5.74) is 2.60. The van der Waals surface area contributed by atoms with Gasteiger partial charge in [0.05, 0.1) is 5.92 Å². The first-order valence-electron chi connectivity index (χ1n) is 8.90. The van der Waals surface area contributed by atoms with Crippen molar-refractivity contribution in [3.05, 3.63) is 58.6 Å². The number of hydrogen-bond donors (Lipinski definition) is 0. The summed E-state index contributed by atoms with van der Waals surface area (Å²) in [6.45, 7) is 1.78. The van der Waals surface area contributed by atoms with E-state index in [9.17, 15) is 4.39 Å². The van der Waals surface area contributed by atoms with Crippen LogP contribution in [0.2, 0.25) is 0 Å². The van der Waals surface area contributed by atoms with Crippen LogP contribution < -0.4 is 0 Å². The molecule has 3 nitrogen and oxygen atoms in total. The zero-order chi connectivity index (χ0) is 17.4. The van der Waals surface area contributed by atoms with Crippen LogP contribution in [0.25, 0.3) is 0 Å². The molecule has 4 rings (SSSR count). The molecule has 2 aromatic rings. The van der Waals surface area contributed by atoms with E-state index in [4.69, 9.17) is 10.8 Å². The summed E-state index contributed by atoms with van der Waals surface area (Å²) in [6, 6.07) is 5.46.